The Bertz CT molecular complexity index is 1430. The normalized spacial score (nSPS) is 24.9. The van der Waals surface area contributed by atoms with E-state index < -0.39 is 23.9 Å². The van der Waals surface area contributed by atoms with Crippen LogP contribution in [-0.2, 0) is 9.59 Å². The first-order valence-electron chi connectivity index (χ1n) is 15.4. The molecule has 2 saturated heterocycles. The zero-order valence-corrected chi connectivity index (χ0v) is 25.8. The molecule has 2 aliphatic heterocycles. The smallest absolute Gasteiger partial charge is 0.246 e. The number of nitrogens with one attached hydrogen (secondary N) is 1. The van der Waals surface area contributed by atoms with Gasteiger partial charge in [0, 0.05) is 43.0 Å². The largest absolute Gasteiger partial charge is 0.338 e. The van der Waals surface area contributed by atoms with Crippen LogP contribution in [0.4, 0.5) is 0 Å². The van der Waals surface area contributed by atoms with Gasteiger partial charge in [-0.25, -0.2) is 0 Å². The summed E-state index contributed by atoms with van der Waals surface area (Å²) in [7, 11) is 0. The van der Waals surface area contributed by atoms with E-state index in [4.69, 9.17) is 11.6 Å². The molecule has 3 heterocycles. The molecule has 43 heavy (non-hydrogen) atoms. The average Bonchev–Trinajstić information content (AvgIpc) is 3.72. The Morgan fingerprint density at radius 3 is 2.26 bits per heavy atom. The highest BCUT2D eigenvalue weighted by atomic mass is 35.5. The molecule has 3 fully saturated rings. The molecule has 1 aliphatic carbocycles. The van der Waals surface area contributed by atoms with Crippen molar-refractivity contribution in [3.05, 3.63) is 99.2 Å². The van der Waals surface area contributed by atoms with Gasteiger partial charge in [0.25, 0.3) is 0 Å². The van der Waals surface area contributed by atoms with E-state index in [1.165, 1.54) is 11.3 Å². The highest BCUT2D eigenvalue weighted by molar-refractivity contribution is 7.12. The Kier molecular flexibility index (Phi) is 9.41. The van der Waals surface area contributed by atoms with Crippen molar-refractivity contribution < 1.29 is 14.4 Å². The summed E-state index contributed by atoms with van der Waals surface area (Å²) >= 11 is 7.73. The van der Waals surface area contributed by atoms with Crippen molar-refractivity contribution in [2.75, 3.05) is 26.2 Å². The number of hydrogen-bond donors (Lipinski definition) is 1. The van der Waals surface area contributed by atoms with Crippen LogP contribution < -0.4 is 5.32 Å². The molecule has 1 saturated carbocycles. The van der Waals surface area contributed by atoms with Crippen molar-refractivity contribution in [1.29, 1.82) is 0 Å². The van der Waals surface area contributed by atoms with E-state index >= 15 is 0 Å². The minimum atomic E-state index is -0.798. The second-order valence-electron chi connectivity index (χ2n) is 11.8. The van der Waals surface area contributed by atoms with Crippen LogP contribution in [0.5, 0.6) is 0 Å². The number of piperazine rings is 1. The molecule has 6 nitrogen and oxygen atoms in total. The second-order valence-corrected chi connectivity index (χ2v) is 13.2. The number of rotatable bonds is 7. The first-order chi connectivity index (χ1) is 21.0. The van der Waals surface area contributed by atoms with Crippen LogP contribution in [0, 0.1) is 11.8 Å². The summed E-state index contributed by atoms with van der Waals surface area (Å²) in [5.41, 5.74) is 1.83. The number of carbonyl (C=O) groups excluding carboxylic acids is 3. The second kappa shape index (κ2) is 13.6. The van der Waals surface area contributed by atoms with Crippen LogP contribution in [0.25, 0.3) is 6.08 Å². The monoisotopic (exact) mass is 615 g/mol. The lowest BCUT2D eigenvalue weighted by atomic mass is 9.78. The summed E-state index contributed by atoms with van der Waals surface area (Å²) in [6.45, 7) is 2.55. The zero-order valence-electron chi connectivity index (χ0n) is 24.2. The molecular formula is C35H38ClN3O3S. The first-order valence-corrected chi connectivity index (χ1v) is 16.7. The maximum atomic E-state index is 14.7. The lowest BCUT2D eigenvalue weighted by Gasteiger charge is -2.38. The average molecular weight is 616 g/mol. The fourth-order valence-electron chi connectivity index (χ4n) is 7.09. The predicted octanol–water partition coefficient (Wildman–Crippen LogP) is 6.29. The van der Waals surface area contributed by atoms with Gasteiger partial charge in [-0.05, 0) is 47.5 Å². The standard InChI is InChI=1S/C35H38ClN3O3S/c36-27-16-14-25(15-17-27)30-31(33(40)29-12-7-23-43-29)28(18-13-24-8-3-1-4-9-24)39(34(41)26-10-5-2-6-11-26)32(30)35(42)38-21-19-37-20-22-38/h1,3-4,7-9,12-18,23,26,28,30-32,37H,2,5-6,10-11,19-22H2. The molecule has 0 bridgehead atoms. The summed E-state index contributed by atoms with van der Waals surface area (Å²) < 4.78 is 0. The molecule has 2 aromatic carbocycles. The number of carbonyl (C=O) groups is 3. The molecule has 0 spiro atoms. The number of ketones is 1. The fourth-order valence-corrected chi connectivity index (χ4v) is 7.93. The number of nitrogens with zero attached hydrogens (tertiary/aromatic N) is 2. The number of likely N-dealkylation sites (tertiary alicyclic amines) is 1. The molecular weight excluding hydrogens is 578 g/mol. The van der Waals surface area contributed by atoms with Gasteiger partial charge in [-0.15, -0.1) is 11.3 Å². The minimum Gasteiger partial charge on any atom is -0.338 e. The molecule has 6 rings (SSSR count). The van der Waals surface area contributed by atoms with Crippen molar-refractivity contribution in [1.82, 2.24) is 15.1 Å². The summed E-state index contributed by atoms with van der Waals surface area (Å²) in [5.74, 6) is -1.42. The number of halogens is 1. The van der Waals surface area contributed by atoms with Gasteiger partial charge in [-0.2, -0.15) is 0 Å². The van der Waals surface area contributed by atoms with E-state index in [-0.39, 0.29) is 23.5 Å². The molecule has 224 valence electrons. The summed E-state index contributed by atoms with van der Waals surface area (Å²) in [6, 6.07) is 19.8. The number of amides is 2. The van der Waals surface area contributed by atoms with Crippen molar-refractivity contribution >= 4 is 46.6 Å². The highest BCUT2D eigenvalue weighted by Crippen LogP contribution is 2.47. The van der Waals surface area contributed by atoms with Gasteiger partial charge in [-0.1, -0.05) is 91.5 Å². The van der Waals surface area contributed by atoms with Crippen LogP contribution >= 0.6 is 22.9 Å². The molecule has 1 N–H and O–H groups in total. The Labute approximate surface area is 262 Å². The van der Waals surface area contributed by atoms with Crippen LogP contribution in [0.1, 0.15) is 58.8 Å². The number of Topliss-reactive ketones (excluding diaryl/α,β-unsaturated/α-hetero) is 1. The molecule has 3 aliphatic rings. The zero-order chi connectivity index (χ0) is 29.8. The number of hydrogen-bond acceptors (Lipinski definition) is 5. The van der Waals surface area contributed by atoms with E-state index in [9.17, 15) is 14.4 Å². The maximum Gasteiger partial charge on any atom is 0.246 e. The van der Waals surface area contributed by atoms with Gasteiger partial charge in [0.05, 0.1) is 16.8 Å². The predicted molar refractivity (Wildman–Crippen MR) is 172 cm³/mol. The van der Waals surface area contributed by atoms with Gasteiger partial charge in [-0.3, -0.25) is 14.4 Å². The maximum absolute atomic E-state index is 14.7. The van der Waals surface area contributed by atoms with Gasteiger partial charge in [0.15, 0.2) is 5.78 Å². The van der Waals surface area contributed by atoms with Gasteiger partial charge < -0.3 is 15.1 Å². The van der Waals surface area contributed by atoms with Crippen LogP contribution in [0.2, 0.25) is 5.02 Å². The lowest BCUT2D eigenvalue weighted by Crippen LogP contribution is -2.56. The molecule has 0 radical (unpaired) electrons. The van der Waals surface area contributed by atoms with E-state index in [1.54, 1.807) is 0 Å². The van der Waals surface area contributed by atoms with E-state index in [0.717, 1.165) is 43.2 Å². The van der Waals surface area contributed by atoms with Crippen molar-refractivity contribution in [3.63, 3.8) is 0 Å². The van der Waals surface area contributed by atoms with E-state index in [1.807, 2.05) is 94.1 Å². The summed E-state index contributed by atoms with van der Waals surface area (Å²) in [5, 5.41) is 5.83. The Balaban J connectivity index is 1.53. The van der Waals surface area contributed by atoms with Crippen LogP contribution in [-0.4, -0.2) is 65.7 Å². The first kappa shape index (κ1) is 29.8. The molecule has 2 amide bonds. The molecule has 1 aromatic heterocycles. The van der Waals surface area contributed by atoms with Crippen molar-refractivity contribution in [2.24, 2.45) is 11.8 Å². The molecule has 4 unspecified atom stereocenters. The highest BCUT2D eigenvalue weighted by Gasteiger charge is 2.57. The molecule has 4 atom stereocenters. The van der Waals surface area contributed by atoms with Crippen molar-refractivity contribution in [3.8, 4) is 0 Å². The fraction of sp³-hybridized carbons (Fsp3) is 0.400. The van der Waals surface area contributed by atoms with E-state index in [2.05, 4.69) is 5.32 Å². The van der Waals surface area contributed by atoms with Crippen molar-refractivity contribution in [2.45, 2.75) is 50.1 Å². The Morgan fingerprint density at radius 1 is 0.860 bits per heavy atom. The Morgan fingerprint density at radius 2 is 1.58 bits per heavy atom. The molecule has 8 heteroatoms. The van der Waals surface area contributed by atoms with E-state index in [0.29, 0.717) is 36.1 Å². The third-order valence-corrected chi connectivity index (χ3v) is 10.3. The lowest BCUT2D eigenvalue weighted by molar-refractivity contribution is -0.148. The SMILES string of the molecule is O=C(c1cccs1)C1C(c2ccc(Cl)cc2)C(C(=O)N2CCNCC2)N(C(=O)C2CCCCC2)C1C=Cc1ccccc1. The summed E-state index contributed by atoms with van der Waals surface area (Å²) in [6.07, 6.45) is 8.75. The van der Waals surface area contributed by atoms with Crippen LogP contribution in [0.15, 0.2) is 78.2 Å². The third-order valence-electron chi connectivity index (χ3n) is 9.21. The van der Waals surface area contributed by atoms with Gasteiger partial charge in [0.2, 0.25) is 11.8 Å². The summed E-state index contributed by atoms with van der Waals surface area (Å²) in [4.78, 5) is 48.2. The third kappa shape index (κ3) is 6.35. The topological polar surface area (TPSA) is 69.7 Å². The minimum absolute atomic E-state index is 0.00339. The Hall–Kier alpha value is -3.26. The number of thiophene rings is 1. The molecule has 3 aromatic rings. The number of benzene rings is 2. The van der Waals surface area contributed by atoms with Gasteiger partial charge >= 0.3 is 0 Å². The van der Waals surface area contributed by atoms with Crippen LogP contribution in [0.3, 0.4) is 0 Å². The van der Waals surface area contributed by atoms with Gasteiger partial charge in [0.1, 0.15) is 6.04 Å². The quantitative estimate of drug-likeness (QED) is 0.317.